The van der Waals surface area contributed by atoms with Crippen molar-refractivity contribution >= 4 is 15.6 Å². The molecule has 8 nitrogen and oxygen atoms in total. The third-order valence-electron chi connectivity index (χ3n) is 6.32. The van der Waals surface area contributed by atoms with Crippen molar-refractivity contribution in [2.24, 2.45) is 0 Å². The van der Waals surface area contributed by atoms with Crippen LogP contribution in [-0.2, 0) is 9.13 Å². The van der Waals surface area contributed by atoms with E-state index >= 15 is 0 Å². The monoisotopic (exact) mass is 862 g/mol. The zero-order valence-corrected chi connectivity index (χ0v) is 38.1. The summed E-state index contributed by atoms with van der Waals surface area (Å²) in [7, 11) is -8.23. The van der Waals surface area contributed by atoms with E-state index < -0.39 is 15.6 Å². The molecule has 0 aliphatic carbocycles. The number of hydrogen-bond donors (Lipinski definition) is 0. The lowest BCUT2D eigenvalue weighted by atomic mass is 10.1. The third kappa shape index (κ3) is 21.5. The molecule has 0 radical (unpaired) electrons. The first-order valence-corrected chi connectivity index (χ1v) is 23.1. The van der Waals surface area contributed by atoms with Gasteiger partial charge in [-0.2, -0.15) is 9.13 Å². The highest BCUT2D eigenvalue weighted by Gasteiger charge is 2.34. The summed E-state index contributed by atoms with van der Waals surface area (Å²) in [6.45, 7) is 24.0. The summed E-state index contributed by atoms with van der Waals surface area (Å²) in [4.78, 5) is 0. The second-order valence-electron chi connectivity index (χ2n) is 9.74. The molecule has 0 saturated heterocycles. The Kier molecular flexibility index (Phi) is 34.9. The predicted octanol–water partition coefficient (Wildman–Crippen LogP) is 18.1. The third-order valence-corrected chi connectivity index (χ3v) is 8.92. The normalized spacial score (nSPS) is 9.20. The lowest BCUT2D eigenvalue weighted by Gasteiger charge is -2.20. The van der Waals surface area contributed by atoms with E-state index in [0.717, 1.165) is 11.1 Å². The van der Waals surface area contributed by atoms with Gasteiger partial charge in [0.05, 0.1) is 0 Å². The summed E-state index contributed by atoms with van der Waals surface area (Å²) in [6, 6.07) is 48.7. The standard InChI is InChI=1S/C36H28O8P2.6C2H6.2CH4/c37-45(39-31-13-5-1-6-14-31,40-32-15-7-2-8-16-32)43-35-25-21-29(22-26-35)30-23-27-36(28-24-30)44-46(38,41-33-17-9-3-10-18-33)42-34-19-11-4-12-20-34;6*1-2;;/h1-28H;6*1-2H3;2*1H4. The van der Waals surface area contributed by atoms with Gasteiger partial charge in [0.2, 0.25) is 0 Å². The van der Waals surface area contributed by atoms with E-state index in [1.165, 1.54) is 0 Å². The summed E-state index contributed by atoms with van der Waals surface area (Å²) in [5.74, 6) is 1.94. The van der Waals surface area contributed by atoms with Crippen molar-refractivity contribution < 1.29 is 36.3 Å². The fourth-order valence-electron chi connectivity index (χ4n) is 4.23. The van der Waals surface area contributed by atoms with Crippen LogP contribution in [0.4, 0.5) is 0 Å². The average Bonchev–Trinajstić information content (AvgIpc) is 3.29. The highest BCUT2D eigenvalue weighted by atomic mass is 31.2. The Balaban J connectivity index is -0.00000214. The second-order valence-corrected chi connectivity index (χ2v) is 12.6. The van der Waals surface area contributed by atoms with Gasteiger partial charge in [0, 0.05) is 0 Å². The minimum atomic E-state index is -4.12. The van der Waals surface area contributed by atoms with E-state index in [0.29, 0.717) is 23.0 Å². The molecule has 0 aromatic heterocycles. The van der Waals surface area contributed by atoms with Gasteiger partial charge in [0.1, 0.15) is 34.5 Å². The highest BCUT2D eigenvalue weighted by Crippen LogP contribution is 2.51. The topological polar surface area (TPSA) is 89.5 Å². The molecule has 0 aliphatic heterocycles. The Bertz CT molecular complexity index is 1690. The van der Waals surface area contributed by atoms with Gasteiger partial charge >= 0.3 is 15.6 Å². The van der Waals surface area contributed by atoms with Gasteiger partial charge in [-0.3, -0.25) is 0 Å². The van der Waals surface area contributed by atoms with Crippen molar-refractivity contribution in [2.75, 3.05) is 0 Å². The molecule has 6 rings (SSSR count). The molecule has 0 spiro atoms. The molecule has 0 saturated carbocycles. The quantitative estimate of drug-likeness (QED) is 0.106. The molecule has 0 unspecified atom stereocenters. The van der Waals surface area contributed by atoms with E-state index in [-0.39, 0.29) is 26.4 Å². The van der Waals surface area contributed by atoms with Gasteiger partial charge in [0.25, 0.3) is 0 Å². The van der Waals surface area contributed by atoms with Crippen LogP contribution >= 0.6 is 15.6 Å². The second kappa shape index (κ2) is 35.5. The number of benzene rings is 6. The minimum Gasteiger partial charge on any atom is -0.386 e. The van der Waals surface area contributed by atoms with Crippen molar-refractivity contribution in [3.05, 3.63) is 170 Å². The maximum Gasteiger partial charge on any atom is 0.647 e. The van der Waals surface area contributed by atoms with Gasteiger partial charge in [0.15, 0.2) is 0 Å². The summed E-state index contributed by atoms with van der Waals surface area (Å²) in [5, 5.41) is 0. The van der Waals surface area contributed by atoms with Crippen LogP contribution in [-0.4, -0.2) is 0 Å². The Labute approximate surface area is 364 Å². The number of phosphoric ester groups is 2. The molecule has 6 aromatic carbocycles. The van der Waals surface area contributed by atoms with E-state index in [9.17, 15) is 9.13 Å². The first-order chi connectivity index (χ1) is 28.4. The van der Waals surface area contributed by atoms with Gasteiger partial charge in [-0.15, -0.1) is 0 Å². The molecule has 0 aliphatic rings. The van der Waals surface area contributed by atoms with Crippen LogP contribution in [0.3, 0.4) is 0 Å². The van der Waals surface area contributed by atoms with Crippen LogP contribution in [0.2, 0.25) is 0 Å². The van der Waals surface area contributed by atoms with Gasteiger partial charge < -0.3 is 27.1 Å². The molecule has 330 valence electrons. The largest absolute Gasteiger partial charge is 0.647 e. The molecule has 0 atom stereocenters. The Morgan fingerprint density at radius 2 is 0.400 bits per heavy atom. The first kappa shape index (κ1) is 58.9. The van der Waals surface area contributed by atoms with Crippen molar-refractivity contribution in [1.29, 1.82) is 0 Å². The fourth-order valence-corrected chi connectivity index (χ4v) is 6.73. The Morgan fingerprint density at radius 1 is 0.250 bits per heavy atom. The van der Waals surface area contributed by atoms with Crippen LogP contribution in [0, 0.1) is 0 Å². The van der Waals surface area contributed by atoms with Gasteiger partial charge in [-0.1, -0.05) is 195 Å². The van der Waals surface area contributed by atoms with E-state index in [1.54, 1.807) is 121 Å². The molecule has 0 N–H and O–H groups in total. The molecule has 60 heavy (non-hydrogen) atoms. The summed E-state index contributed by atoms with van der Waals surface area (Å²) >= 11 is 0. The predicted molar refractivity (Wildman–Crippen MR) is 258 cm³/mol. The molecular weight excluding hydrogens is 790 g/mol. The molecule has 0 heterocycles. The zero-order chi connectivity index (χ0) is 43.7. The number of para-hydroxylation sites is 4. The summed E-state index contributed by atoms with van der Waals surface area (Å²) in [6.07, 6.45) is 0. The average molecular weight is 863 g/mol. The SMILES string of the molecule is C.C.CC.CC.CC.CC.CC.CC.O=P(Oc1ccccc1)(Oc1ccccc1)Oc1ccc(-c2ccc(OP(=O)(Oc3ccccc3)Oc3ccccc3)cc2)cc1. The van der Waals surface area contributed by atoms with Crippen LogP contribution in [0.25, 0.3) is 11.1 Å². The van der Waals surface area contributed by atoms with Crippen molar-refractivity contribution in [3.63, 3.8) is 0 Å². The van der Waals surface area contributed by atoms with Crippen molar-refractivity contribution in [3.8, 4) is 45.6 Å². The van der Waals surface area contributed by atoms with E-state index in [1.807, 2.05) is 132 Å². The fraction of sp³-hybridized carbons (Fsp3) is 0.280. The summed E-state index contributed by atoms with van der Waals surface area (Å²) in [5.41, 5.74) is 1.68. The molecule has 10 heteroatoms. The Hall–Kier alpha value is -5.42. The van der Waals surface area contributed by atoms with Crippen LogP contribution in [0.5, 0.6) is 34.5 Å². The zero-order valence-electron chi connectivity index (χ0n) is 36.3. The number of hydrogen-bond acceptors (Lipinski definition) is 8. The van der Waals surface area contributed by atoms with E-state index in [2.05, 4.69) is 0 Å². The lowest BCUT2D eigenvalue weighted by Crippen LogP contribution is -2.07. The molecule has 0 amide bonds. The molecule has 0 fully saturated rings. The molecule has 6 aromatic rings. The van der Waals surface area contributed by atoms with Crippen molar-refractivity contribution in [1.82, 2.24) is 0 Å². The van der Waals surface area contributed by atoms with Crippen molar-refractivity contribution in [2.45, 2.75) is 97.9 Å². The molecule has 0 bridgehead atoms. The lowest BCUT2D eigenvalue weighted by molar-refractivity contribution is 0.296. The van der Waals surface area contributed by atoms with Crippen LogP contribution < -0.4 is 27.1 Å². The van der Waals surface area contributed by atoms with E-state index in [4.69, 9.17) is 27.1 Å². The first-order valence-electron chi connectivity index (χ1n) is 20.2. The minimum absolute atomic E-state index is 0. The number of rotatable bonds is 13. The summed E-state index contributed by atoms with van der Waals surface area (Å²) < 4.78 is 61.9. The smallest absolute Gasteiger partial charge is 0.386 e. The van der Waals surface area contributed by atoms with Gasteiger partial charge in [-0.05, 0) is 83.9 Å². The Morgan fingerprint density at radius 3 is 0.567 bits per heavy atom. The highest BCUT2D eigenvalue weighted by molar-refractivity contribution is 7.50. The molecular formula is C50H72O8P2. The maximum atomic E-state index is 13.7. The van der Waals surface area contributed by atoms with Crippen LogP contribution in [0.15, 0.2) is 170 Å². The van der Waals surface area contributed by atoms with Crippen LogP contribution in [0.1, 0.15) is 97.9 Å². The maximum absolute atomic E-state index is 13.7. The van der Waals surface area contributed by atoms with Gasteiger partial charge in [-0.25, -0.2) is 0 Å². The number of phosphoric acid groups is 2.